The van der Waals surface area contributed by atoms with Crippen LogP contribution in [0.15, 0.2) is 4.99 Å². The van der Waals surface area contributed by atoms with Crippen molar-refractivity contribution >= 4 is 29.9 Å². The smallest absolute Gasteiger partial charge is 0.191 e. The van der Waals surface area contributed by atoms with Gasteiger partial charge in [-0.3, -0.25) is 9.89 Å². The Hall–Kier alpha value is -0.120. The SMILES string of the molecule is CN=C(NCCOC1CCCCCC1)NCC1CN2CCCC2CO1.I. The Morgan fingerprint density at radius 2 is 1.92 bits per heavy atom. The van der Waals surface area contributed by atoms with Gasteiger partial charge in [0.2, 0.25) is 0 Å². The molecule has 2 unspecified atom stereocenters. The summed E-state index contributed by atoms with van der Waals surface area (Å²) in [6, 6.07) is 0.662. The molecule has 3 rings (SSSR count). The molecular formula is C19H37IN4O2. The predicted molar refractivity (Wildman–Crippen MR) is 117 cm³/mol. The van der Waals surface area contributed by atoms with E-state index in [2.05, 4.69) is 20.5 Å². The van der Waals surface area contributed by atoms with Crippen LogP contribution in [0, 0.1) is 0 Å². The molecule has 0 aromatic heterocycles. The van der Waals surface area contributed by atoms with Crippen LogP contribution in [0.3, 0.4) is 0 Å². The van der Waals surface area contributed by atoms with E-state index >= 15 is 0 Å². The summed E-state index contributed by atoms with van der Waals surface area (Å²) >= 11 is 0. The summed E-state index contributed by atoms with van der Waals surface area (Å²) in [5.41, 5.74) is 0. The van der Waals surface area contributed by atoms with Gasteiger partial charge >= 0.3 is 0 Å². The molecule has 152 valence electrons. The van der Waals surface area contributed by atoms with Crippen molar-refractivity contribution in [1.29, 1.82) is 0 Å². The minimum atomic E-state index is 0. The molecule has 0 radical (unpaired) electrons. The molecule has 2 aliphatic heterocycles. The van der Waals surface area contributed by atoms with Gasteiger partial charge in [0.05, 0.1) is 25.4 Å². The molecule has 0 aromatic rings. The highest BCUT2D eigenvalue weighted by Crippen LogP contribution is 2.22. The van der Waals surface area contributed by atoms with Gasteiger partial charge in [0.25, 0.3) is 0 Å². The third-order valence-corrected chi connectivity index (χ3v) is 5.73. The van der Waals surface area contributed by atoms with Crippen LogP contribution in [0.4, 0.5) is 0 Å². The molecule has 3 fully saturated rings. The topological polar surface area (TPSA) is 58.1 Å². The van der Waals surface area contributed by atoms with Crippen molar-refractivity contribution in [2.24, 2.45) is 4.99 Å². The monoisotopic (exact) mass is 480 g/mol. The van der Waals surface area contributed by atoms with E-state index < -0.39 is 0 Å². The molecule has 2 heterocycles. The number of halogens is 1. The van der Waals surface area contributed by atoms with Gasteiger partial charge in [-0.15, -0.1) is 24.0 Å². The Morgan fingerprint density at radius 1 is 1.12 bits per heavy atom. The number of hydrogen-bond donors (Lipinski definition) is 2. The fraction of sp³-hybridized carbons (Fsp3) is 0.947. The molecular weight excluding hydrogens is 443 g/mol. The zero-order valence-corrected chi connectivity index (χ0v) is 18.6. The summed E-state index contributed by atoms with van der Waals surface area (Å²) in [6.45, 7) is 5.52. The number of morpholine rings is 1. The zero-order chi connectivity index (χ0) is 17.3. The highest BCUT2D eigenvalue weighted by molar-refractivity contribution is 14.0. The van der Waals surface area contributed by atoms with Crippen LogP contribution in [-0.2, 0) is 9.47 Å². The Balaban J connectivity index is 0.00000243. The molecule has 0 bridgehead atoms. The van der Waals surface area contributed by atoms with Crippen LogP contribution in [0.2, 0.25) is 0 Å². The van der Waals surface area contributed by atoms with Gasteiger partial charge < -0.3 is 20.1 Å². The molecule has 1 saturated carbocycles. The van der Waals surface area contributed by atoms with Gasteiger partial charge in [-0.2, -0.15) is 0 Å². The largest absolute Gasteiger partial charge is 0.376 e. The summed E-state index contributed by atoms with van der Waals surface area (Å²) < 4.78 is 12.0. The molecule has 0 amide bonds. The maximum Gasteiger partial charge on any atom is 0.191 e. The van der Waals surface area contributed by atoms with E-state index in [-0.39, 0.29) is 30.1 Å². The third-order valence-electron chi connectivity index (χ3n) is 5.73. The van der Waals surface area contributed by atoms with Crippen molar-refractivity contribution in [3.63, 3.8) is 0 Å². The summed E-state index contributed by atoms with van der Waals surface area (Å²) in [4.78, 5) is 6.88. The molecule has 3 aliphatic rings. The van der Waals surface area contributed by atoms with E-state index in [0.29, 0.717) is 12.1 Å². The number of nitrogens with zero attached hydrogens (tertiary/aromatic N) is 2. The lowest BCUT2D eigenvalue weighted by Crippen LogP contribution is -2.51. The van der Waals surface area contributed by atoms with E-state index in [1.165, 1.54) is 57.9 Å². The second-order valence-electron chi connectivity index (χ2n) is 7.61. The van der Waals surface area contributed by atoms with E-state index in [1.54, 1.807) is 0 Å². The van der Waals surface area contributed by atoms with Crippen molar-refractivity contribution < 1.29 is 9.47 Å². The normalized spacial score (nSPS) is 28.1. The first-order valence-electron chi connectivity index (χ1n) is 10.3. The average Bonchev–Trinajstić information content (AvgIpc) is 2.95. The van der Waals surface area contributed by atoms with Gasteiger partial charge in [-0.05, 0) is 32.2 Å². The van der Waals surface area contributed by atoms with E-state index in [4.69, 9.17) is 9.47 Å². The molecule has 2 atom stereocenters. The number of fused-ring (bicyclic) bond motifs is 1. The Labute approximate surface area is 175 Å². The number of nitrogens with one attached hydrogen (secondary N) is 2. The van der Waals surface area contributed by atoms with Crippen LogP contribution >= 0.6 is 24.0 Å². The Bertz CT molecular complexity index is 416. The Kier molecular flexibility index (Phi) is 10.5. The average molecular weight is 480 g/mol. The van der Waals surface area contributed by atoms with Crippen molar-refractivity contribution in [3.8, 4) is 0 Å². The summed E-state index contributed by atoms with van der Waals surface area (Å²) in [7, 11) is 1.82. The first-order valence-corrected chi connectivity index (χ1v) is 10.3. The number of aliphatic imine (C=N–C) groups is 1. The second-order valence-corrected chi connectivity index (χ2v) is 7.61. The standard InChI is InChI=1S/C19H36N4O2.HI/c1-20-19(21-10-12-24-17-8-4-2-3-5-9-17)22-13-18-14-23-11-6-7-16(23)15-25-18;/h16-18H,2-15H2,1H3,(H2,20,21,22);1H. The number of ether oxygens (including phenoxy) is 2. The molecule has 0 spiro atoms. The molecule has 26 heavy (non-hydrogen) atoms. The molecule has 2 saturated heterocycles. The minimum absolute atomic E-state index is 0. The number of guanidine groups is 1. The van der Waals surface area contributed by atoms with Gasteiger partial charge in [-0.1, -0.05) is 25.7 Å². The van der Waals surface area contributed by atoms with Gasteiger partial charge in [0, 0.05) is 32.7 Å². The minimum Gasteiger partial charge on any atom is -0.376 e. The molecule has 6 nitrogen and oxygen atoms in total. The maximum atomic E-state index is 6.02. The van der Waals surface area contributed by atoms with E-state index in [1.807, 2.05) is 7.05 Å². The second kappa shape index (κ2) is 12.4. The van der Waals surface area contributed by atoms with Crippen LogP contribution in [-0.4, -0.2) is 75.5 Å². The number of hydrogen-bond acceptors (Lipinski definition) is 4. The lowest BCUT2D eigenvalue weighted by Gasteiger charge is -2.35. The van der Waals surface area contributed by atoms with Crippen LogP contribution in [0.25, 0.3) is 0 Å². The van der Waals surface area contributed by atoms with Gasteiger partial charge in [0.1, 0.15) is 0 Å². The highest BCUT2D eigenvalue weighted by atomic mass is 127. The third kappa shape index (κ3) is 7.13. The fourth-order valence-corrected chi connectivity index (χ4v) is 4.24. The van der Waals surface area contributed by atoms with E-state index in [0.717, 1.165) is 38.8 Å². The Morgan fingerprint density at radius 3 is 2.69 bits per heavy atom. The van der Waals surface area contributed by atoms with Crippen LogP contribution in [0.1, 0.15) is 51.4 Å². The quantitative estimate of drug-likeness (QED) is 0.201. The van der Waals surface area contributed by atoms with Crippen molar-refractivity contribution in [3.05, 3.63) is 0 Å². The lowest BCUT2D eigenvalue weighted by molar-refractivity contribution is -0.0453. The first-order chi connectivity index (χ1) is 12.3. The number of rotatable bonds is 6. The van der Waals surface area contributed by atoms with Crippen molar-refractivity contribution in [1.82, 2.24) is 15.5 Å². The predicted octanol–water partition coefficient (Wildman–Crippen LogP) is 2.37. The fourth-order valence-electron chi connectivity index (χ4n) is 4.24. The molecule has 2 N–H and O–H groups in total. The van der Waals surface area contributed by atoms with Crippen molar-refractivity contribution in [2.75, 3.05) is 46.4 Å². The van der Waals surface area contributed by atoms with Gasteiger partial charge in [-0.25, -0.2) is 0 Å². The zero-order valence-electron chi connectivity index (χ0n) is 16.3. The molecule has 1 aliphatic carbocycles. The van der Waals surface area contributed by atoms with E-state index in [9.17, 15) is 0 Å². The van der Waals surface area contributed by atoms with Gasteiger partial charge in [0.15, 0.2) is 5.96 Å². The summed E-state index contributed by atoms with van der Waals surface area (Å²) in [6.07, 6.45) is 11.2. The highest BCUT2D eigenvalue weighted by Gasteiger charge is 2.32. The molecule has 0 aromatic carbocycles. The summed E-state index contributed by atoms with van der Waals surface area (Å²) in [5, 5.41) is 6.75. The van der Waals surface area contributed by atoms with Crippen LogP contribution < -0.4 is 10.6 Å². The summed E-state index contributed by atoms with van der Waals surface area (Å²) in [5.74, 6) is 0.844. The molecule has 7 heteroatoms. The first kappa shape index (κ1) is 22.2. The maximum absolute atomic E-state index is 6.02. The lowest BCUT2D eigenvalue weighted by atomic mass is 10.1. The van der Waals surface area contributed by atoms with Crippen LogP contribution in [0.5, 0.6) is 0 Å². The van der Waals surface area contributed by atoms with Crippen molar-refractivity contribution in [2.45, 2.75) is 69.6 Å².